The summed E-state index contributed by atoms with van der Waals surface area (Å²) >= 11 is 3.37. The number of benzene rings is 2. The van der Waals surface area contributed by atoms with Gasteiger partial charge in [-0.15, -0.1) is 0 Å². The molecule has 1 atom stereocenters. The Morgan fingerprint density at radius 3 is 2.48 bits per heavy atom. The summed E-state index contributed by atoms with van der Waals surface area (Å²) in [6.07, 6.45) is 0. The molecule has 0 saturated carbocycles. The Hall–Kier alpha value is -1.77. The third kappa shape index (κ3) is 5.10. The quantitative estimate of drug-likeness (QED) is 0.768. The number of nitrogens with one attached hydrogen (secondary N) is 1. The fourth-order valence-electron chi connectivity index (χ4n) is 2.22. The third-order valence-corrected chi connectivity index (χ3v) is 5.93. The van der Waals surface area contributed by atoms with E-state index in [4.69, 9.17) is 0 Å². The second-order valence-electron chi connectivity index (χ2n) is 5.56. The highest BCUT2D eigenvalue weighted by atomic mass is 79.9. The summed E-state index contributed by atoms with van der Waals surface area (Å²) < 4.78 is 39.6. The second-order valence-corrected chi connectivity index (χ2v) is 8.52. The lowest BCUT2D eigenvalue weighted by atomic mass is 10.1. The number of hydrogen-bond donors (Lipinski definition) is 1. The molecule has 1 N–H and O–H groups in total. The van der Waals surface area contributed by atoms with E-state index in [-0.39, 0.29) is 17.5 Å². The molecule has 0 aliphatic rings. The van der Waals surface area contributed by atoms with Gasteiger partial charge in [0.05, 0.1) is 17.5 Å². The van der Waals surface area contributed by atoms with E-state index in [1.807, 2.05) is 31.2 Å². The molecule has 25 heavy (non-hydrogen) atoms. The molecular formula is C17H18BrFN2O3S. The van der Waals surface area contributed by atoms with E-state index in [0.29, 0.717) is 0 Å². The van der Waals surface area contributed by atoms with E-state index in [9.17, 15) is 17.6 Å². The molecule has 1 amide bonds. The Kier molecular flexibility index (Phi) is 6.31. The summed E-state index contributed by atoms with van der Waals surface area (Å²) in [5.41, 5.74) is 0.895. The normalized spacial score (nSPS) is 12.8. The summed E-state index contributed by atoms with van der Waals surface area (Å²) in [7, 11) is -2.55. The molecule has 0 heterocycles. The molecule has 2 aromatic rings. The number of nitrogens with zero attached hydrogens (tertiary/aromatic N) is 1. The van der Waals surface area contributed by atoms with Crippen LogP contribution in [0.15, 0.2) is 57.9 Å². The van der Waals surface area contributed by atoms with Gasteiger partial charge < -0.3 is 5.32 Å². The van der Waals surface area contributed by atoms with Crippen molar-refractivity contribution in [3.05, 3.63) is 64.4 Å². The molecule has 0 fully saturated rings. The first-order valence-electron chi connectivity index (χ1n) is 7.47. The predicted molar refractivity (Wildman–Crippen MR) is 96.9 cm³/mol. The molecule has 0 aromatic heterocycles. The maximum atomic E-state index is 12.9. The van der Waals surface area contributed by atoms with Crippen molar-refractivity contribution < 1.29 is 17.6 Å². The van der Waals surface area contributed by atoms with Crippen molar-refractivity contribution in [1.82, 2.24) is 9.62 Å². The number of carbonyl (C=O) groups is 1. The van der Waals surface area contributed by atoms with Crippen LogP contribution in [0.5, 0.6) is 0 Å². The smallest absolute Gasteiger partial charge is 0.243 e. The topological polar surface area (TPSA) is 66.5 Å². The third-order valence-electron chi connectivity index (χ3n) is 3.61. The minimum atomic E-state index is -3.86. The molecule has 0 unspecified atom stereocenters. The van der Waals surface area contributed by atoms with Crippen molar-refractivity contribution in [1.29, 1.82) is 0 Å². The second kappa shape index (κ2) is 8.07. The summed E-state index contributed by atoms with van der Waals surface area (Å²) in [6.45, 7) is 1.48. The van der Waals surface area contributed by atoms with Crippen molar-refractivity contribution in [3.63, 3.8) is 0 Å². The molecule has 0 spiro atoms. The number of sulfonamides is 1. The highest BCUT2D eigenvalue weighted by Crippen LogP contribution is 2.18. The minimum Gasteiger partial charge on any atom is -0.348 e. The monoisotopic (exact) mass is 428 g/mol. The molecular weight excluding hydrogens is 411 g/mol. The first kappa shape index (κ1) is 19.6. The highest BCUT2D eigenvalue weighted by Gasteiger charge is 2.23. The van der Waals surface area contributed by atoms with Crippen LogP contribution in [0.4, 0.5) is 4.39 Å². The lowest BCUT2D eigenvalue weighted by Crippen LogP contribution is -2.39. The van der Waals surface area contributed by atoms with Gasteiger partial charge in [0.25, 0.3) is 0 Å². The van der Waals surface area contributed by atoms with Crippen LogP contribution in [-0.4, -0.2) is 32.2 Å². The Morgan fingerprint density at radius 1 is 1.24 bits per heavy atom. The first-order valence-corrected chi connectivity index (χ1v) is 9.70. The largest absolute Gasteiger partial charge is 0.348 e. The van der Waals surface area contributed by atoms with Crippen molar-refractivity contribution in [2.75, 3.05) is 13.6 Å². The van der Waals surface area contributed by atoms with E-state index < -0.39 is 21.7 Å². The number of likely N-dealkylation sites (N-methyl/N-ethyl adjacent to an activating group) is 1. The van der Waals surface area contributed by atoms with Crippen LogP contribution < -0.4 is 5.32 Å². The van der Waals surface area contributed by atoms with Gasteiger partial charge in [-0.25, -0.2) is 12.8 Å². The lowest BCUT2D eigenvalue weighted by Gasteiger charge is -2.19. The van der Waals surface area contributed by atoms with E-state index in [1.165, 1.54) is 19.2 Å². The van der Waals surface area contributed by atoms with Gasteiger partial charge in [-0.2, -0.15) is 4.31 Å². The van der Waals surface area contributed by atoms with Crippen molar-refractivity contribution >= 4 is 31.9 Å². The number of carbonyl (C=O) groups excluding carboxylic acids is 1. The van der Waals surface area contributed by atoms with Crippen LogP contribution in [0.1, 0.15) is 18.5 Å². The maximum Gasteiger partial charge on any atom is 0.243 e. The number of hydrogen-bond acceptors (Lipinski definition) is 3. The minimum absolute atomic E-state index is 0.0655. The number of amides is 1. The van der Waals surface area contributed by atoms with E-state index >= 15 is 0 Å². The molecule has 2 aromatic carbocycles. The molecule has 0 bridgehead atoms. The molecule has 0 aliphatic heterocycles. The van der Waals surface area contributed by atoms with Crippen molar-refractivity contribution in [3.8, 4) is 0 Å². The van der Waals surface area contributed by atoms with E-state index in [2.05, 4.69) is 21.2 Å². The summed E-state index contributed by atoms with van der Waals surface area (Å²) in [6, 6.07) is 11.7. The Balaban J connectivity index is 2.03. The average molecular weight is 429 g/mol. The fourth-order valence-corrected chi connectivity index (χ4v) is 3.76. The van der Waals surface area contributed by atoms with Gasteiger partial charge in [-0.05, 0) is 48.9 Å². The van der Waals surface area contributed by atoms with Gasteiger partial charge >= 0.3 is 0 Å². The molecule has 0 aliphatic carbocycles. The van der Waals surface area contributed by atoms with Crippen LogP contribution in [-0.2, 0) is 14.8 Å². The Labute approximate surface area is 155 Å². The highest BCUT2D eigenvalue weighted by molar-refractivity contribution is 9.10. The molecule has 0 radical (unpaired) electrons. The molecule has 5 nitrogen and oxygen atoms in total. The lowest BCUT2D eigenvalue weighted by molar-refractivity contribution is -0.121. The number of rotatable bonds is 6. The van der Waals surface area contributed by atoms with E-state index in [0.717, 1.165) is 26.5 Å². The standard InChI is InChI=1S/C17H18BrFN2O3S/c1-12(13-4-3-5-14(18)10-13)20-17(22)11-21(2)25(23,24)16-8-6-15(19)7-9-16/h3-10,12H,11H2,1-2H3,(H,20,22)/t12-/m1/s1. The van der Waals surface area contributed by atoms with Gasteiger partial charge in [0, 0.05) is 11.5 Å². The van der Waals surface area contributed by atoms with Crippen LogP contribution in [0, 0.1) is 5.82 Å². The van der Waals surface area contributed by atoms with Crippen molar-refractivity contribution in [2.45, 2.75) is 17.9 Å². The Morgan fingerprint density at radius 2 is 1.88 bits per heavy atom. The van der Waals surface area contributed by atoms with Gasteiger partial charge in [-0.3, -0.25) is 4.79 Å². The maximum absolute atomic E-state index is 12.9. The predicted octanol–water partition coefficient (Wildman–Crippen LogP) is 3.09. The van der Waals surface area contributed by atoms with Gasteiger partial charge in [-0.1, -0.05) is 28.1 Å². The van der Waals surface area contributed by atoms with Crippen LogP contribution in [0.25, 0.3) is 0 Å². The summed E-state index contributed by atoms with van der Waals surface area (Å²) in [5, 5.41) is 2.76. The number of halogens is 2. The van der Waals surface area contributed by atoms with E-state index in [1.54, 1.807) is 0 Å². The van der Waals surface area contributed by atoms with Crippen LogP contribution in [0.2, 0.25) is 0 Å². The van der Waals surface area contributed by atoms with Crippen LogP contribution in [0.3, 0.4) is 0 Å². The Bertz CT molecular complexity index is 856. The zero-order valence-electron chi connectivity index (χ0n) is 13.7. The summed E-state index contributed by atoms with van der Waals surface area (Å²) in [5.74, 6) is -0.956. The molecule has 0 saturated heterocycles. The van der Waals surface area contributed by atoms with Crippen molar-refractivity contribution in [2.24, 2.45) is 0 Å². The molecule has 8 heteroatoms. The fraction of sp³-hybridized carbons (Fsp3) is 0.235. The summed E-state index contributed by atoms with van der Waals surface area (Å²) in [4.78, 5) is 12.1. The van der Waals surface area contributed by atoms with Gasteiger partial charge in [0.2, 0.25) is 15.9 Å². The molecule has 134 valence electrons. The zero-order valence-corrected chi connectivity index (χ0v) is 16.1. The average Bonchev–Trinajstić information content (AvgIpc) is 2.55. The van der Waals surface area contributed by atoms with Gasteiger partial charge in [0.15, 0.2) is 0 Å². The first-order chi connectivity index (χ1) is 11.7. The molecule has 2 rings (SSSR count). The van der Waals surface area contributed by atoms with Gasteiger partial charge in [0.1, 0.15) is 5.82 Å². The van der Waals surface area contributed by atoms with Crippen LogP contribution >= 0.6 is 15.9 Å². The SMILES string of the molecule is C[C@@H](NC(=O)CN(C)S(=O)(=O)c1ccc(F)cc1)c1cccc(Br)c1. The zero-order chi connectivity index (χ0) is 18.6.